The number of hydrogen-bond acceptors (Lipinski definition) is 5. The molecule has 3 heterocycles. The van der Waals surface area contributed by atoms with Gasteiger partial charge in [0.1, 0.15) is 0 Å². The zero-order chi connectivity index (χ0) is 14.8. The van der Waals surface area contributed by atoms with Gasteiger partial charge < -0.3 is 4.74 Å². The lowest BCUT2D eigenvalue weighted by atomic mass is 9.87. The van der Waals surface area contributed by atoms with Crippen LogP contribution in [-0.2, 0) is 9.53 Å². The molecule has 1 aliphatic rings. The van der Waals surface area contributed by atoms with Gasteiger partial charge in [0.2, 0.25) is 11.9 Å². The highest BCUT2D eigenvalue weighted by Gasteiger charge is 2.34. The van der Waals surface area contributed by atoms with E-state index >= 15 is 0 Å². The average molecular weight is 289 g/mol. The average Bonchev–Trinajstić information content (AvgIpc) is 2.89. The zero-order valence-electron chi connectivity index (χ0n) is 12.2. The second kappa shape index (κ2) is 5.77. The van der Waals surface area contributed by atoms with E-state index < -0.39 is 0 Å². The van der Waals surface area contributed by atoms with Crippen molar-refractivity contribution >= 4 is 17.5 Å². The smallest absolute Gasteiger partial charge is 0.249 e. The number of nitrogens with one attached hydrogen (secondary N) is 1. The molecule has 2 atom stereocenters. The fourth-order valence-corrected chi connectivity index (χ4v) is 2.74. The quantitative estimate of drug-likeness (QED) is 0.926. The van der Waals surface area contributed by atoms with Crippen molar-refractivity contribution in [3.05, 3.63) is 18.6 Å². The van der Waals surface area contributed by atoms with E-state index in [4.69, 9.17) is 4.74 Å². The number of carbonyl (C=O) groups is 1. The van der Waals surface area contributed by atoms with Crippen molar-refractivity contribution in [1.82, 2.24) is 19.6 Å². The Morgan fingerprint density at radius 1 is 1.52 bits per heavy atom. The van der Waals surface area contributed by atoms with E-state index in [1.54, 1.807) is 23.1 Å². The number of anilines is 1. The van der Waals surface area contributed by atoms with E-state index in [9.17, 15) is 4.79 Å². The van der Waals surface area contributed by atoms with Gasteiger partial charge in [0.05, 0.1) is 18.2 Å². The Hall–Kier alpha value is -2.02. The number of fused-ring (bicyclic) bond motifs is 1. The lowest BCUT2D eigenvalue weighted by molar-refractivity contribution is -0.131. The van der Waals surface area contributed by atoms with Gasteiger partial charge in [-0.2, -0.15) is 4.98 Å². The number of rotatable bonds is 3. The van der Waals surface area contributed by atoms with Crippen LogP contribution in [0.25, 0.3) is 5.65 Å². The van der Waals surface area contributed by atoms with Gasteiger partial charge in [-0.15, -0.1) is 5.10 Å². The van der Waals surface area contributed by atoms with Crippen LogP contribution in [0.3, 0.4) is 0 Å². The zero-order valence-corrected chi connectivity index (χ0v) is 12.2. The maximum Gasteiger partial charge on any atom is 0.249 e. The fourth-order valence-electron chi connectivity index (χ4n) is 2.74. The first-order valence-electron chi connectivity index (χ1n) is 7.24. The molecular formula is C14H19N5O2. The third-order valence-corrected chi connectivity index (χ3v) is 3.74. The highest BCUT2D eigenvalue weighted by Crippen LogP contribution is 2.27. The van der Waals surface area contributed by atoms with Crippen LogP contribution < -0.4 is 5.32 Å². The van der Waals surface area contributed by atoms with Gasteiger partial charge in [-0.1, -0.05) is 13.8 Å². The molecule has 0 unspecified atom stereocenters. The summed E-state index contributed by atoms with van der Waals surface area (Å²) >= 11 is 0. The van der Waals surface area contributed by atoms with Crippen molar-refractivity contribution in [2.45, 2.75) is 32.8 Å². The molecule has 7 heteroatoms. The van der Waals surface area contributed by atoms with Gasteiger partial charge in [0.25, 0.3) is 0 Å². The standard InChI is InChI=1S/C14H19N5O2/c1-9(2)12-10(4-3-7-21-12)13(20)17-14-16-11-8-15-5-6-19(11)18-14/h5-6,8-10,12H,3-4,7H2,1-2H3,(H,17,18,20)/t10-,12-/m0/s1. The Bertz CT molecular complexity index is 606. The van der Waals surface area contributed by atoms with Crippen molar-refractivity contribution in [3.63, 3.8) is 0 Å². The molecule has 2 aromatic rings. The summed E-state index contributed by atoms with van der Waals surface area (Å²) in [4.78, 5) is 20.7. The Labute approximate surface area is 122 Å². The first kappa shape index (κ1) is 13.9. The van der Waals surface area contributed by atoms with Crippen molar-refractivity contribution in [2.75, 3.05) is 11.9 Å². The van der Waals surface area contributed by atoms with E-state index in [1.807, 2.05) is 0 Å². The van der Waals surface area contributed by atoms with Crippen LogP contribution in [0.1, 0.15) is 26.7 Å². The third-order valence-electron chi connectivity index (χ3n) is 3.74. The molecule has 1 N–H and O–H groups in total. The van der Waals surface area contributed by atoms with Crippen molar-refractivity contribution in [2.24, 2.45) is 11.8 Å². The predicted molar refractivity (Wildman–Crippen MR) is 76.7 cm³/mol. The third kappa shape index (κ3) is 2.87. The van der Waals surface area contributed by atoms with Crippen LogP contribution in [0.5, 0.6) is 0 Å². The molecule has 0 saturated carbocycles. The van der Waals surface area contributed by atoms with Gasteiger partial charge in [0.15, 0.2) is 5.65 Å². The Kier molecular flexibility index (Phi) is 3.83. The van der Waals surface area contributed by atoms with Gasteiger partial charge in [0, 0.05) is 19.0 Å². The summed E-state index contributed by atoms with van der Waals surface area (Å²) in [5.41, 5.74) is 0.605. The molecule has 112 valence electrons. The predicted octanol–water partition coefficient (Wildman–Crippen LogP) is 1.51. The molecule has 2 aromatic heterocycles. The highest BCUT2D eigenvalue weighted by atomic mass is 16.5. The number of nitrogens with zero attached hydrogens (tertiary/aromatic N) is 4. The minimum Gasteiger partial charge on any atom is -0.377 e. The maximum atomic E-state index is 12.5. The van der Waals surface area contributed by atoms with Crippen LogP contribution in [0.4, 0.5) is 5.95 Å². The Balaban J connectivity index is 1.75. The van der Waals surface area contributed by atoms with Gasteiger partial charge in [-0.3, -0.25) is 15.1 Å². The molecule has 0 spiro atoms. The van der Waals surface area contributed by atoms with E-state index in [0.717, 1.165) is 19.4 Å². The number of aromatic nitrogens is 4. The minimum absolute atomic E-state index is 0.0440. The van der Waals surface area contributed by atoms with Crippen molar-refractivity contribution in [1.29, 1.82) is 0 Å². The second-order valence-corrected chi connectivity index (χ2v) is 5.63. The molecule has 3 rings (SSSR count). The summed E-state index contributed by atoms with van der Waals surface area (Å²) in [5, 5.41) is 7.01. The molecule has 0 aliphatic carbocycles. The van der Waals surface area contributed by atoms with E-state index in [1.165, 1.54) is 0 Å². The summed E-state index contributed by atoms with van der Waals surface area (Å²) in [6, 6.07) is 0. The molecule has 0 bridgehead atoms. The second-order valence-electron chi connectivity index (χ2n) is 5.63. The molecule has 0 radical (unpaired) electrons. The molecule has 1 fully saturated rings. The summed E-state index contributed by atoms with van der Waals surface area (Å²) in [6.07, 6.45) is 6.62. The minimum atomic E-state index is -0.150. The number of carbonyl (C=O) groups excluding carboxylic acids is 1. The molecule has 21 heavy (non-hydrogen) atoms. The highest BCUT2D eigenvalue weighted by molar-refractivity contribution is 5.91. The van der Waals surface area contributed by atoms with E-state index in [0.29, 0.717) is 17.5 Å². The number of ether oxygens (including phenoxy) is 1. The molecule has 1 saturated heterocycles. The first-order chi connectivity index (χ1) is 10.1. The van der Waals surface area contributed by atoms with Crippen molar-refractivity contribution in [3.8, 4) is 0 Å². The normalized spacial score (nSPS) is 22.6. The lowest BCUT2D eigenvalue weighted by Crippen LogP contribution is -2.41. The monoisotopic (exact) mass is 289 g/mol. The topological polar surface area (TPSA) is 81.4 Å². The lowest BCUT2D eigenvalue weighted by Gasteiger charge is -2.33. The molecule has 0 aromatic carbocycles. The molecule has 1 amide bonds. The fraction of sp³-hybridized carbons (Fsp3) is 0.571. The van der Waals surface area contributed by atoms with Crippen LogP contribution in [0.2, 0.25) is 0 Å². The molecular weight excluding hydrogens is 270 g/mol. The summed E-state index contributed by atoms with van der Waals surface area (Å²) in [5.74, 6) is 0.390. The van der Waals surface area contributed by atoms with Crippen LogP contribution in [0, 0.1) is 11.8 Å². The molecule has 7 nitrogen and oxygen atoms in total. The van der Waals surface area contributed by atoms with Gasteiger partial charge >= 0.3 is 0 Å². The van der Waals surface area contributed by atoms with Gasteiger partial charge in [-0.25, -0.2) is 4.52 Å². The van der Waals surface area contributed by atoms with Gasteiger partial charge in [-0.05, 0) is 18.8 Å². The maximum absolute atomic E-state index is 12.5. The Morgan fingerprint density at radius 3 is 3.14 bits per heavy atom. The van der Waals surface area contributed by atoms with E-state index in [2.05, 4.69) is 34.2 Å². The Morgan fingerprint density at radius 2 is 2.38 bits per heavy atom. The summed E-state index contributed by atoms with van der Waals surface area (Å²) in [6.45, 7) is 4.88. The van der Waals surface area contributed by atoms with Crippen molar-refractivity contribution < 1.29 is 9.53 Å². The number of amides is 1. The first-order valence-corrected chi connectivity index (χ1v) is 7.24. The largest absolute Gasteiger partial charge is 0.377 e. The summed E-state index contributed by atoms with van der Waals surface area (Å²) < 4.78 is 7.34. The van der Waals surface area contributed by atoms with Crippen LogP contribution >= 0.6 is 0 Å². The van der Waals surface area contributed by atoms with E-state index in [-0.39, 0.29) is 17.9 Å². The summed E-state index contributed by atoms with van der Waals surface area (Å²) in [7, 11) is 0. The van der Waals surface area contributed by atoms with Crippen LogP contribution in [-0.4, -0.2) is 38.2 Å². The number of hydrogen-bond donors (Lipinski definition) is 1. The SMILES string of the molecule is CC(C)[C@@H]1OCCC[C@@H]1C(=O)Nc1nc2cnccn2n1. The van der Waals surface area contributed by atoms with Crippen LogP contribution in [0.15, 0.2) is 18.6 Å². The molecule has 1 aliphatic heterocycles.